The maximum absolute atomic E-state index is 14.3. The molecule has 31 heavy (non-hydrogen) atoms. The molecule has 10 heteroatoms. The van der Waals surface area contributed by atoms with Gasteiger partial charge in [0.2, 0.25) is 0 Å². The summed E-state index contributed by atoms with van der Waals surface area (Å²) in [4.78, 5) is 0. The van der Waals surface area contributed by atoms with Gasteiger partial charge in [-0.25, -0.2) is 17.9 Å². The molecule has 0 bridgehead atoms. The van der Waals surface area contributed by atoms with E-state index < -0.39 is 53.7 Å². The van der Waals surface area contributed by atoms with Crippen LogP contribution in [0.1, 0.15) is 26.3 Å². The van der Waals surface area contributed by atoms with Crippen LogP contribution in [0.5, 0.6) is 0 Å². The van der Waals surface area contributed by atoms with Crippen LogP contribution >= 0.6 is 0 Å². The molecule has 0 amide bonds. The molecule has 2 fully saturated rings. The molecule has 0 spiro atoms. The van der Waals surface area contributed by atoms with Crippen LogP contribution in [-0.4, -0.2) is 58.9 Å². The molecule has 4 rings (SSSR count). The van der Waals surface area contributed by atoms with Gasteiger partial charge in [0.25, 0.3) is 0 Å². The second-order valence-electron chi connectivity index (χ2n) is 7.91. The van der Waals surface area contributed by atoms with E-state index >= 15 is 0 Å². The summed E-state index contributed by atoms with van der Waals surface area (Å²) in [6, 6.07) is 1.40. The van der Waals surface area contributed by atoms with Crippen molar-refractivity contribution in [3.05, 3.63) is 35.8 Å². The highest BCUT2D eigenvalue weighted by molar-refractivity contribution is 5.58. The number of hydrogen-bond acceptors (Lipinski definition) is 6. The van der Waals surface area contributed by atoms with Crippen molar-refractivity contribution >= 4 is 0 Å². The number of ether oxygens (including phenoxy) is 4. The third kappa shape index (κ3) is 3.94. The minimum absolute atomic E-state index is 0.0362. The van der Waals surface area contributed by atoms with Gasteiger partial charge in [0.15, 0.2) is 23.2 Å². The standard InChI is InChI=1S/C21H22F3N3O4/c1-5-6-14-19(28-4)18(20-15(30-14)10-29-21(2,3)31-20)27-9-13(25-26-27)11-7-8-12(22)17(24)16(11)23/h1,7-9,14-15,18-20H,6,10H2,2-4H3/t14-,15-,18?,19+,20+/m1/s1. The number of methoxy groups -OCH3 is 1. The fourth-order valence-corrected chi connectivity index (χ4v) is 4.07. The van der Waals surface area contributed by atoms with Crippen LogP contribution in [0.15, 0.2) is 18.3 Å². The maximum atomic E-state index is 14.3. The largest absolute Gasteiger partial charge is 0.376 e. The monoisotopic (exact) mass is 437 g/mol. The van der Waals surface area contributed by atoms with Gasteiger partial charge in [-0.2, -0.15) is 0 Å². The van der Waals surface area contributed by atoms with Crippen molar-refractivity contribution in [2.45, 2.75) is 56.5 Å². The normalized spacial score (nSPS) is 29.9. The van der Waals surface area contributed by atoms with Gasteiger partial charge >= 0.3 is 0 Å². The Kier molecular flexibility index (Phi) is 5.79. The molecule has 3 heterocycles. The number of terminal acetylenes is 1. The van der Waals surface area contributed by atoms with E-state index in [1.807, 2.05) is 0 Å². The van der Waals surface area contributed by atoms with Gasteiger partial charge in [0.05, 0.1) is 18.9 Å². The molecule has 1 aromatic heterocycles. The molecule has 5 atom stereocenters. The first kappa shape index (κ1) is 21.8. The highest BCUT2D eigenvalue weighted by Crippen LogP contribution is 2.40. The smallest absolute Gasteiger partial charge is 0.195 e. The van der Waals surface area contributed by atoms with Crippen LogP contribution in [0.3, 0.4) is 0 Å². The molecular weight excluding hydrogens is 415 g/mol. The maximum Gasteiger partial charge on any atom is 0.195 e. The summed E-state index contributed by atoms with van der Waals surface area (Å²) >= 11 is 0. The lowest BCUT2D eigenvalue weighted by Crippen LogP contribution is -2.62. The Labute approximate surface area is 177 Å². The van der Waals surface area contributed by atoms with Crippen molar-refractivity contribution in [1.29, 1.82) is 0 Å². The van der Waals surface area contributed by atoms with Gasteiger partial charge in [-0.3, -0.25) is 0 Å². The number of aromatic nitrogens is 3. The molecule has 2 aliphatic rings. The first-order valence-corrected chi connectivity index (χ1v) is 9.75. The second-order valence-corrected chi connectivity index (χ2v) is 7.91. The average Bonchev–Trinajstić information content (AvgIpc) is 3.20. The lowest BCUT2D eigenvalue weighted by atomic mass is 9.90. The quantitative estimate of drug-likeness (QED) is 0.541. The van der Waals surface area contributed by atoms with Crippen LogP contribution in [0, 0.1) is 29.8 Å². The van der Waals surface area contributed by atoms with E-state index in [0.717, 1.165) is 12.1 Å². The molecule has 166 valence electrons. The number of nitrogens with zero attached hydrogens (tertiary/aromatic N) is 3. The lowest BCUT2D eigenvalue weighted by Gasteiger charge is -2.50. The minimum atomic E-state index is -1.57. The highest BCUT2D eigenvalue weighted by Gasteiger charge is 2.52. The summed E-state index contributed by atoms with van der Waals surface area (Å²) in [5.74, 6) is -2.50. The fourth-order valence-electron chi connectivity index (χ4n) is 4.07. The van der Waals surface area contributed by atoms with Gasteiger partial charge in [-0.1, -0.05) is 5.21 Å². The summed E-state index contributed by atoms with van der Waals surface area (Å²) in [6.45, 7) is 3.82. The Bertz CT molecular complexity index is 1010. The average molecular weight is 437 g/mol. The molecule has 7 nitrogen and oxygen atoms in total. The molecule has 0 N–H and O–H groups in total. The summed E-state index contributed by atoms with van der Waals surface area (Å²) < 4.78 is 66.4. The van der Waals surface area contributed by atoms with E-state index in [0.29, 0.717) is 0 Å². The van der Waals surface area contributed by atoms with Crippen LogP contribution in [0.25, 0.3) is 11.3 Å². The summed E-state index contributed by atoms with van der Waals surface area (Å²) in [7, 11) is 1.52. The Balaban J connectivity index is 1.74. The first-order chi connectivity index (χ1) is 14.8. The van der Waals surface area contributed by atoms with Crippen molar-refractivity contribution < 1.29 is 32.1 Å². The lowest BCUT2D eigenvalue weighted by molar-refractivity contribution is -0.349. The molecule has 0 radical (unpaired) electrons. The van der Waals surface area contributed by atoms with E-state index in [9.17, 15) is 13.2 Å². The Morgan fingerprint density at radius 1 is 1.29 bits per heavy atom. The molecule has 0 saturated carbocycles. The zero-order chi connectivity index (χ0) is 22.3. The molecule has 2 aliphatic heterocycles. The van der Waals surface area contributed by atoms with Gasteiger partial charge < -0.3 is 18.9 Å². The molecular formula is C21H22F3N3O4. The van der Waals surface area contributed by atoms with E-state index in [4.69, 9.17) is 25.4 Å². The molecule has 2 aromatic rings. The van der Waals surface area contributed by atoms with Gasteiger partial charge in [0, 0.05) is 19.1 Å². The SMILES string of the molecule is C#CC[C@H]1O[C@@H]2COC(C)(C)O[C@@H]2C(n2cc(-c3ccc(F)c(F)c3F)nn2)[C@H]1OC. The van der Waals surface area contributed by atoms with Crippen molar-refractivity contribution in [2.75, 3.05) is 13.7 Å². The topological polar surface area (TPSA) is 67.6 Å². The zero-order valence-corrected chi connectivity index (χ0v) is 17.2. The number of halogens is 3. The van der Waals surface area contributed by atoms with Gasteiger partial charge in [-0.15, -0.1) is 17.4 Å². The Morgan fingerprint density at radius 2 is 2.06 bits per heavy atom. The Morgan fingerprint density at radius 3 is 2.77 bits per heavy atom. The van der Waals surface area contributed by atoms with E-state index in [1.165, 1.54) is 18.0 Å². The molecule has 0 aliphatic carbocycles. The van der Waals surface area contributed by atoms with Gasteiger partial charge in [0.1, 0.15) is 30.0 Å². The second kappa shape index (κ2) is 8.24. The summed E-state index contributed by atoms with van der Waals surface area (Å²) in [6.07, 6.45) is 5.21. The third-order valence-electron chi connectivity index (χ3n) is 5.49. The minimum Gasteiger partial charge on any atom is -0.376 e. The third-order valence-corrected chi connectivity index (χ3v) is 5.49. The first-order valence-electron chi connectivity index (χ1n) is 9.75. The number of fused-ring (bicyclic) bond motifs is 1. The van der Waals surface area contributed by atoms with Crippen molar-refractivity contribution in [3.63, 3.8) is 0 Å². The van der Waals surface area contributed by atoms with E-state index in [2.05, 4.69) is 16.2 Å². The van der Waals surface area contributed by atoms with Crippen molar-refractivity contribution in [2.24, 2.45) is 0 Å². The van der Waals surface area contributed by atoms with E-state index in [1.54, 1.807) is 13.8 Å². The Hall–Kier alpha value is -2.45. The zero-order valence-electron chi connectivity index (χ0n) is 17.2. The fraction of sp³-hybridized carbons (Fsp3) is 0.524. The molecule has 2 saturated heterocycles. The summed E-state index contributed by atoms with van der Waals surface area (Å²) in [5, 5.41) is 8.08. The van der Waals surface area contributed by atoms with Crippen LogP contribution < -0.4 is 0 Å². The number of rotatable bonds is 4. The number of benzene rings is 1. The van der Waals surface area contributed by atoms with Crippen LogP contribution in [-0.2, 0) is 18.9 Å². The van der Waals surface area contributed by atoms with Crippen LogP contribution in [0.2, 0.25) is 0 Å². The van der Waals surface area contributed by atoms with Crippen molar-refractivity contribution in [3.8, 4) is 23.6 Å². The van der Waals surface area contributed by atoms with Gasteiger partial charge in [-0.05, 0) is 26.0 Å². The predicted molar refractivity (Wildman–Crippen MR) is 102 cm³/mol. The summed E-state index contributed by atoms with van der Waals surface area (Å²) in [5.41, 5.74) is -0.176. The van der Waals surface area contributed by atoms with Crippen LogP contribution in [0.4, 0.5) is 13.2 Å². The number of hydrogen-bond donors (Lipinski definition) is 0. The molecule has 1 aromatic carbocycles. The van der Waals surface area contributed by atoms with Crippen molar-refractivity contribution in [1.82, 2.24) is 15.0 Å². The molecule has 1 unspecified atom stereocenters. The highest BCUT2D eigenvalue weighted by atomic mass is 19.2. The predicted octanol–water partition coefficient (Wildman–Crippen LogP) is 2.86. The van der Waals surface area contributed by atoms with E-state index in [-0.39, 0.29) is 24.3 Å².